The zero-order chi connectivity index (χ0) is 15.5. The second kappa shape index (κ2) is 5.66. The lowest BCUT2D eigenvalue weighted by molar-refractivity contribution is -0.137. The first-order chi connectivity index (χ1) is 9.91. The topological polar surface area (TPSA) is 70.7 Å². The van der Waals surface area contributed by atoms with Crippen LogP contribution in [0.5, 0.6) is 0 Å². The van der Waals surface area contributed by atoms with Gasteiger partial charge in [-0.3, -0.25) is 4.79 Å². The summed E-state index contributed by atoms with van der Waals surface area (Å²) in [5.41, 5.74) is -0.682. The van der Waals surface area contributed by atoms with Gasteiger partial charge in [0.15, 0.2) is 0 Å². The molecule has 0 aliphatic rings. The molecular formula is C13H9F3N4O. The van der Waals surface area contributed by atoms with E-state index in [0.717, 1.165) is 12.1 Å². The summed E-state index contributed by atoms with van der Waals surface area (Å²) in [6.07, 6.45) is -1.99. The van der Waals surface area contributed by atoms with Gasteiger partial charge in [-0.1, -0.05) is 0 Å². The first-order valence-corrected chi connectivity index (χ1v) is 5.80. The second-order valence-electron chi connectivity index (χ2n) is 4.06. The number of anilines is 1. The highest BCUT2D eigenvalue weighted by Crippen LogP contribution is 2.33. The average molecular weight is 294 g/mol. The highest BCUT2D eigenvalue weighted by molar-refractivity contribution is 5.94. The Morgan fingerprint density at radius 3 is 2.76 bits per heavy atom. The molecule has 0 atom stereocenters. The van der Waals surface area contributed by atoms with Crippen molar-refractivity contribution in [1.29, 1.82) is 5.26 Å². The quantitative estimate of drug-likeness (QED) is 0.946. The molecule has 8 heteroatoms. The van der Waals surface area contributed by atoms with Crippen molar-refractivity contribution in [3.8, 4) is 11.8 Å². The minimum Gasteiger partial charge on any atom is -0.323 e. The highest BCUT2D eigenvalue weighted by atomic mass is 19.4. The maximum atomic E-state index is 12.7. The Kier molecular flexibility index (Phi) is 3.93. The number of benzene rings is 1. The number of nitrogens with one attached hydrogen (secondary N) is 1. The van der Waals surface area contributed by atoms with Crippen molar-refractivity contribution >= 4 is 11.6 Å². The van der Waals surface area contributed by atoms with E-state index in [1.807, 2.05) is 0 Å². The predicted octanol–water partition coefficient (Wildman–Crippen LogP) is 2.74. The minimum absolute atomic E-state index is 0.0613. The van der Waals surface area contributed by atoms with E-state index in [2.05, 4.69) is 10.4 Å². The van der Waals surface area contributed by atoms with E-state index in [0.29, 0.717) is 0 Å². The molecule has 21 heavy (non-hydrogen) atoms. The van der Waals surface area contributed by atoms with Gasteiger partial charge in [0, 0.05) is 12.4 Å². The Hall–Kier alpha value is -2.82. The number of amides is 1. The Labute approximate surface area is 117 Å². The normalized spacial score (nSPS) is 11.0. The number of carbonyl (C=O) groups excluding carboxylic acids is 1. The van der Waals surface area contributed by atoms with Gasteiger partial charge in [0.25, 0.3) is 0 Å². The number of alkyl halides is 3. The van der Waals surface area contributed by atoms with Crippen molar-refractivity contribution in [2.75, 3.05) is 5.32 Å². The fourth-order valence-electron chi connectivity index (χ4n) is 1.69. The van der Waals surface area contributed by atoms with Crippen LogP contribution in [-0.2, 0) is 11.0 Å². The molecule has 0 unspecified atom stereocenters. The van der Waals surface area contributed by atoms with Gasteiger partial charge < -0.3 is 5.32 Å². The summed E-state index contributed by atoms with van der Waals surface area (Å²) in [7, 11) is 0. The van der Waals surface area contributed by atoms with Gasteiger partial charge in [0.1, 0.15) is 6.42 Å². The van der Waals surface area contributed by atoms with Crippen molar-refractivity contribution < 1.29 is 18.0 Å². The van der Waals surface area contributed by atoms with Crippen molar-refractivity contribution in [3.05, 3.63) is 42.2 Å². The second-order valence-corrected chi connectivity index (χ2v) is 4.06. The third kappa shape index (κ3) is 3.39. The van der Waals surface area contributed by atoms with E-state index in [4.69, 9.17) is 5.26 Å². The fourth-order valence-corrected chi connectivity index (χ4v) is 1.69. The zero-order valence-corrected chi connectivity index (χ0v) is 10.6. The van der Waals surface area contributed by atoms with Crippen molar-refractivity contribution in [1.82, 2.24) is 9.78 Å². The summed E-state index contributed by atoms with van der Waals surface area (Å²) >= 11 is 0. The van der Waals surface area contributed by atoms with E-state index in [9.17, 15) is 18.0 Å². The van der Waals surface area contributed by atoms with Crippen LogP contribution in [0.1, 0.15) is 12.0 Å². The lowest BCUT2D eigenvalue weighted by Gasteiger charge is -2.14. The Bertz CT molecular complexity index is 686. The minimum atomic E-state index is -4.53. The maximum Gasteiger partial charge on any atom is 0.416 e. The molecule has 0 radical (unpaired) electrons. The summed E-state index contributed by atoms with van der Waals surface area (Å²) in [6.45, 7) is 0. The van der Waals surface area contributed by atoms with E-state index in [1.54, 1.807) is 12.1 Å². The number of nitrogens with zero attached hydrogens (tertiary/aromatic N) is 3. The maximum absolute atomic E-state index is 12.7. The van der Waals surface area contributed by atoms with Crippen LogP contribution >= 0.6 is 0 Å². The standard InChI is InChI=1S/C13H9F3N4O/c14-13(15,16)9-2-3-11(20-7-1-6-18-20)10(8-9)19-12(21)4-5-17/h1-3,6-8H,4H2,(H,19,21). The molecule has 5 nitrogen and oxygen atoms in total. The predicted molar refractivity (Wildman–Crippen MR) is 67.4 cm³/mol. The molecular weight excluding hydrogens is 285 g/mol. The summed E-state index contributed by atoms with van der Waals surface area (Å²) in [5, 5.41) is 14.6. The van der Waals surface area contributed by atoms with Gasteiger partial charge >= 0.3 is 6.18 Å². The molecule has 0 fully saturated rings. The number of rotatable bonds is 3. The molecule has 0 saturated carbocycles. The third-order valence-corrected chi connectivity index (χ3v) is 2.59. The summed E-state index contributed by atoms with van der Waals surface area (Å²) in [4.78, 5) is 11.5. The van der Waals surface area contributed by atoms with Gasteiger partial charge in [0.2, 0.25) is 5.91 Å². The number of halogens is 3. The van der Waals surface area contributed by atoms with Crippen LogP contribution in [-0.4, -0.2) is 15.7 Å². The molecule has 2 aromatic rings. The fraction of sp³-hybridized carbons (Fsp3) is 0.154. The molecule has 1 aromatic heterocycles. The number of hydrogen-bond acceptors (Lipinski definition) is 3. The smallest absolute Gasteiger partial charge is 0.323 e. The van der Waals surface area contributed by atoms with E-state index < -0.39 is 24.1 Å². The summed E-state index contributed by atoms with van der Waals surface area (Å²) < 4.78 is 39.5. The van der Waals surface area contributed by atoms with Crippen molar-refractivity contribution in [2.24, 2.45) is 0 Å². The van der Waals surface area contributed by atoms with Crippen LogP contribution in [0.2, 0.25) is 0 Å². The van der Waals surface area contributed by atoms with Crippen LogP contribution in [0.4, 0.5) is 18.9 Å². The lowest BCUT2D eigenvalue weighted by Crippen LogP contribution is -2.14. The molecule has 0 aliphatic carbocycles. The van der Waals surface area contributed by atoms with E-state index in [-0.39, 0.29) is 11.4 Å². The molecule has 0 saturated heterocycles. The molecule has 1 N–H and O–H groups in total. The molecule has 1 heterocycles. The van der Waals surface area contributed by atoms with Crippen molar-refractivity contribution in [2.45, 2.75) is 12.6 Å². The molecule has 0 aliphatic heterocycles. The summed E-state index contributed by atoms with van der Waals surface area (Å²) in [6, 6.07) is 6.14. The molecule has 0 spiro atoms. The molecule has 1 amide bonds. The Balaban J connectivity index is 2.46. The number of carbonyl (C=O) groups is 1. The Morgan fingerprint density at radius 2 is 2.19 bits per heavy atom. The first kappa shape index (κ1) is 14.6. The number of hydrogen-bond donors (Lipinski definition) is 1. The third-order valence-electron chi connectivity index (χ3n) is 2.59. The van der Waals surface area contributed by atoms with E-state index >= 15 is 0 Å². The first-order valence-electron chi connectivity index (χ1n) is 5.80. The van der Waals surface area contributed by atoms with Crippen LogP contribution < -0.4 is 5.32 Å². The van der Waals surface area contributed by atoms with E-state index in [1.165, 1.54) is 23.1 Å². The molecule has 2 rings (SSSR count). The molecule has 1 aromatic carbocycles. The SMILES string of the molecule is N#CCC(=O)Nc1cc(C(F)(F)F)ccc1-n1cccn1. The molecule has 108 valence electrons. The largest absolute Gasteiger partial charge is 0.416 e. The van der Waals surface area contributed by atoms with Gasteiger partial charge in [-0.2, -0.15) is 23.5 Å². The van der Waals surface area contributed by atoms with Crippen LogP contribution in [0, 0.1) is 11.3 Å². The number of nitriles is 1. The summed E-state index contributed by atoms with van der Waals surface area (Å²) in [5.74, 6) is -0.690. The van der Waals surface area contributed by atoms with Crippen LogP contribution in [0.15, 0.2) is 36.7 Å². The zero-order valence-electron chi connectivity index (χ0n) is 10.6. The van der Waals surface area contributed by atoms with Crippen molar-refractivity contribution in [3.63, 3.8) is 0 Å². The monoisotopic (exact) mass is 294 g/mol. The van der Waals surface area contributed by atoms with Gasteiger partial charge in [-0.25, -0.2) is 4.68 Å². The van der Waals surface area contributed by atoms with Crippen LogP contribution in [0.25, 0.3) is 5.69 Å². The van der Waals surface area contributed by atoms with Gasteiger partial charge in [-0.15, -0.1) is 0 Å². The van der Waals surface area contributed by atoms with Crippen LogP contribution in [0.3, 0.4) is 0 Å². The lowest BCUT2D eigenvalue weighted by atomic mass is 10.1. The highest BCUT2D eigenvalue weighted by Gasteiger charge is 2.31. The number of aromatic nitrogens is 2. The van der Waals surface area contributed by atoms with Gasteiger partial charge in [0.05, 0.1) is 23.0 Å². The average Bonchev–Trinajstić information content (AvgIpc) is 2.91. The molecule has 0 bridgehead atoms. The van der Waals surface area contributed by atoms with Gasteiger partial charge in [-0.05, 0) is 24.3 Å². The Morgan fingerprint density at radius 1 is 1.43 bits per heavy atom.